The van der Waals surface area contributed by atoms with Gasteiger partial charge in [-0.2, -0.15) is 0 Å². The molecule has 0 spiro atoms. The molecule has 0 aromatic heterocycles. The molecule has 0 heterocycles. The maximum absolute atomic E-state index is 12.1. The van der Waals surface area contributed by atoms with E-state index < -0.39 is 0 Å². The van der Waals surface area contributed by atoms with Crippen molar-refractivity contribution < 1.29 is 14.7 Å². The molecule has 43 heavy (non-hydrogen) atoms. The Labute approximate surface area is 260 Å². The number of allylic oxidation sites excluding steroid dienone is 3. The van der Waals surface area contributed by atoms with Crippen molar-refractivity contribution in [1.29, 1.82) is 0 Å². The average Bonchev–Trinajstić information content (AvgIpc) is 3.33. The van der Waals surface area contributed by atoms with E-state index in [9.17, 15) is 10.0 Å². The Morgan fingerprint density at radius 3 is 2.42 bits per heavy atom. The number of carbonyl (C=O) groups is 1. The van der Waals surface area contributed by atoms with Crippen LogP contribution in [0.2, 0.25) is 0 Å². The zero-order valence-electron chi connectivity index (χ0n) is 27.8. The van der Waals surface area contributed by atoms with Crippen LogP contribution in [0.1, 0.15) is 122 Å². The molecule has 0 saturated heterocycles. The van der Waals surface area contributed by atoms with E-state index in [1.54, 1.807) is 0 Å². The van der Waals surface area contributed by atoms with Gasteiger partial charge < -0.3 is 15.7 Å². The van der Waals surface area contributed by atoms with Crippen LogP contribution in [-0.2, 0) is 4.74 Å². The van der Waals surface area contributed by atoms with E-state index in [-0.39, 0.29) is 33.2 Å². The Morgan fingerprint density at radius 1 is 1.12 bits per heavy atom. The molecule has 236 valence electrons. The van der Waals surface area contributed by atoms with E-state index >= 15 is 0 Å². The number of hydrogen-bond donors (Lipinski definition) is 2. The van der Waals surface area contributed by atoms with Crippen molar-refractivity contribution in [2.75, 3.05) is 7.11 Å². The molecule has 5 rings (SSSR count). The van der Waals surface area contributed by atoms with Crippen molar-refractivity contribution in [3.8, 4) is 0 Å². The fraction of sp³-hybridized carbons (Fsp3) is 0.684. The van der Waals surface area contributed by atoms with Gasteiger partial charge in [-0.3, -0.25) is 0 Å². The smallest absolute Gasteiger partial charge is 0.337 e. The molecular formula is C38H56N2O3. The predicted molar refractivity (Wildman–Crippen MR) is 176 cm³/mol. The van der Waals surface area contributed by atoms with E-state index in [2.05, 4.69) is 71.5 Å². The fourth-order valence-corrected chi connectivity index (χ4v) is 11.4. The summed E-state index contributed by atoms with van der Waals surface area (Å²) in [5.41, 5.74) is 12.0. The summed E-state index contributed by atoms with van der Waals surface area (Å²) in [5, 5.41) is 13.3. The van der Waals surface area contributed by atoms with Crippen LogP contribution in [0.15, 0.2) is 47.6 Å². The first-order valence-electron chi connectivity index (χ1n) is 16.8. The Bertz CT molecular complexity index is 1300. The molecule has 3 saturated carbocycles. The van der Waals surface area contributed by atoms with Gasteiger partial charge in [0, 0.05) is 11.0 Å². The fourth-order valence-electron chi connectivity index (χ4n) is 11.4. The van der Waals surface area contributed by atoms with Crippen LogP contribution >= 0.6 is 0 Å². The number of rotatable bonds is 7. The topological polar surface area (TPSA) is 84.9 Å². The summed E-state index contributed by atoms with van der Waals surface area (Å²) in [6.07, 6.45) is 15.2. The van der Waals surface area contributed by atoms with Crippen molar-refractivity contribution in [2.24, 2.45) is 56.2 Å². The minimum absolute atomic E-state index is 0.00925. The Balaban J connectivity index is 1.51. The van der Waals surface area contributed by atoms with Gasteiger partial charge in [0.1, 0.15) is 0 Å². The number of methoxy groups -OCH3 is 1. The Morgan fingerprint density at radius 2 is 1.81 bits per heavy atom. The molecule has 1 aromatic carbocycles. The van der Waals surface area contributed by atoms with Gasteiger partial charge in [0.2, 0.25) is 0 Å². The summed E-state index contributed by atoms with van der Waals surface area (Å²) in [5.74, 6) is 1.57. The lowest BCUT2D eigenvalue weighted by Crippen LogP contribution is -2.67. The molecule has 3 fully saturated rings. The molecule has 3 N–H and O–H groups in total. The van der Waals surface area contributed by atoms with Gasteiger partial charge in [-0.25, -0.2) is 4.79 Å². The third-order valence-electron chi connectivity index (χ3n) is 13.7. The van der Waals surface area contributed by atoms with Crippen LogP contribution in [0.5, 0.6) is 0 Å². The van der Waals surface area contributed by atoms with E-state index in [4.69, 9.17) is 10.5 Å². The maximum atomic E-state index is 12.1. The molecule has 1 aromatic rings. The van der Waals surface area contributed by atoms with Crippen LogP contribution in [0.4, 0.5) is 0 Å². The third-order valence-corrected chi connectivity index (χ3v) is 13.7. The summed E-state index contributed by atoms with van der Waals surface area (Å²) in [6, 6.07) is 7.98. The number of oxime groups is 1. The van der Waals surface area contributed by atoms with Crippen molar-refractivity contribution in [3.05, 3.63) is 53.6 Å². The first-order chi connectivity index (χ1) is 20.2. The van der Waals surface area contributed by atoms with Gasteiger partial charge in [-0.1, -0.05) is 71.4 Å². The quantitative estimate of drug-likeness (QED) is 0.109. The highest BCUT2D eigenvalue weighted by molar-refractivity contribution is 5.90. The largest absolute Gasteiger partial charge is 0.465 e. The molecule has 0 bridgehead atoms. The highest BCUT2D eigenvalue weighted by Gasteiger charge is 2.65. The van der Waals surface area contributed by atoms with Crippen LogP contribution in [-0.4, -0.2) is 30.0 Å². The molecule has 0 radical (unpaired) electrons. The zero-order chi connectivity index (χ0) is 31.4. The molecule has 0 aliphatic heterocycles. The summed E-state index contributed by atoms with van der Waals surface area (Å²) in [6.45, 7) is 18.9. The average molecular weight is 589 g/mol. The maximum Gasteiger partial charge on any atom is 0.337 e. The molecule has 5 heteroatoms. The van der Waals surface area contributed by atoms with Crippen molar-refractivity contribution >= 4 is 17.8 Å². The molecule has 8 atom stereocenters. The monoisotopic (exact) mass is 588 g/mol. The molecule has 0 amide bonds. The van der Waals surface area contributed by atoms with Crippen LogP contribution in [0.25, 0.3) is 5.57 Å². The van der Waals surface area contributed by atoms with E-state index in [1.165, 1.54) is 30.2 Å². The number of ether oxygens (including phenoxy) is 1. The minimum Gasteiger partial charge on any atom is -0.465 e. The summed E-state index contributed by atoms with van der Waals surface area (Å²) in [4.78, 5) is 12.1. The standard InChI is InChI=1S/C38H56N2O3/c1-9-10-32-35(6)18-16-29(26-11-13-27(14-12-26)33(41)43-8)34(4,5)31(35)17-19-36(32,7)38(39)22-21-37(24-40-42)20-15-28(25(2)3)30(37)23-38/h11-14,16,24,28,30-32,42H,2,9-10,15,17-23,39H2,1,3-8H3/b40-24+/t28?,30-,31-,32+,35-,36+,37?,38-/m0/s1. The van der Waals surface area contributed by atoms with Crippen molar-refractivity contribution in [2.45, 2.75) is 111 Å². The molecule has 4 aliphatic carbocycles. The lowest BCUT2D eigenvalue weighted by Gasteiger charge is -2.67. The second kappa shape index (κ2) is 11.2. The van der Waals surface area contributed by atoms with Gasteiger partial charge >= 0.3 is 5.97 Å². The molecule has 4 aliphatic rings. The Kier molecular flexibility index (Phi) is 8.33. The highest BCUT2D eigenvalue weighted by atomic mass is 16.5. The molecule has 2 unspecified atom stereocenters. The Hall–Kier alpha value is -2.40. The van der Waals surface area contributed by atoms with Crippen LogP contribution in [0, 0.1) is 45.3 Å². The van der Waals surface area contributed by atoms with E-state index in [0.717, 1.165) is 57.8 Å². The highest BCUT2D eigenvalue weighted by Crippen LogP contribution is 2.70. The first-order valence-corrected chi connectivity index (χ1v) is 16.8. The second-order valence-corrected chi connectivity index (χ2v) is 15.9. The molecular weight excluding hydrogens is 532 g/mol. The van der Waals surface area contributed by atoms with Gasteiger partial charge in [0.05, 0.1) is 18.9 Å². The van der Waals surface area contributed by atoms with Gasteiger partial charge in [-0.05, 0) is 128 Å². The summed E-state index contributed by atoms with van der Waals surface area (Å²) in [7, 11) is 1.43. The number of hydrogen-bond acceptors (Lipinski definition) is 5. The minimum atomic E-state index is -0.295. The summed E-state index contributed by atoms with van der Waals surface area (Å²) < 4.78 is 4.93. The molecule has 5 nitrogen and oxygen atoms in total. The lowest BCUT2D eigenvalue weighted by atomic mass is 9.38. The van der Waals surface area contributed by atoms with Gasteiger partial charge in [0.15, 0.2) is 0 Å². The van der Waals surface area contributed by atoms with Gasteiger partial charge in [0.25, 0.3) is 0 Å². The van der Waals surface area contributed by atoms with Crippen LogP contribution < -0.4 is 5.73 Å². The predicted octanol–water partition coefficient (Wildman–Crippen LogP) is 9.06. The number of benzene rings is 1. The number of carbonyl (C=O) groups excluding carboxylic acids is 1. The lowest BCUT2D eigenvalue weighted by molar-refractivity contribution is -0.140. The second-order valence-electron chi connectivity index (χ2n) is 15.9. The van der Waals surface area contributed by atoms with E-state index in [1.807, 2.05) is 18.3 Å². The summed E-state index contributed by atoms with van der Waals surface area (Å²) >= 11 is 0. The van der Waals surface area contributed by atoms with E-state index in [0.29, 0.717) is 29.2 Å². The SMILES string of the molecule is C=C(C)C1CCC2(/C=N/O)CC[C@@](N)([C@]3(C)CC[C@H]4C(C)(C)C(c5ccc(C(=O)OC)cc5)=CC[C@]4(C)[C@H]3CCC)C[C@@H]12. The van der Waals surface area contributed by atoms with Crippen molar-refractivity contribution in [1.82, 2.24) is 0 Å². The van der Waals surface area contributed by atoms with Crippen molar-refractivity contribution in [3.63, 3.8) is 0 Å². The normalized spacial score (nSPS) is 40.4. The van der Waals surface area contributed by atoms with Gasteiger partial charge in [-0.15, -0.1) is 5.16 Å². The first kappa shape index (κ1) is 32.0. The number of fused-ring (bicyclic) bond motifs is 2. The number of nitrogens with two attached hydrogens (primary N) is 1. The van der Waals surface area contributed by atoms with Crippen LogP contribution in [0.3, 0.4) is 0 Å². The number of esters is 1. The number of nitrogens with zero attached hydrogens (tertiary/aromatic N) is 1. The third kappa shape index (κ3) is 4.84. The zero-order valence-corrected chi connectivity index (χ0v) is 27.8.